The van der Waals surface area contributed by atoms with Crippen molar-refractivity contribution in [2.75, 3.05) is 13.1 Å². The third kappa shape index (κ3) is 6.07. The van der Waals surface area contributed by atoms with Crippen LogP contribution in [0, 0.1) is 16.7 Å². The number of hydrogen-bond donors (Lipinski definition) is 3. The maximum absolute atomic E-state index is 13.4. The lowest BCUT2D eigenvalue weighted by Crippen LogP contribution is -2.60. The molecule has 0 spiro atoms. The molecule has 0 aromatic heterocycles. The number of likely N-dealkylation sites (tertiary alicyclic amines) is 1. The summed E-state index contributed by atoms with van der Waals surface area (Å²) >= 11 is 6.01. The van der Waals surface area contributed by atoms with Gasteiger partial charge in [0.1, 0.15) is 6.04 Å². The van der Waals surface area contributed by atoms with Crippen molar-refractivity contribution >= 4 is 29.3 Å². The Morgan fingerprint density at radius 1 is 1.21 bits per heavy atom. The molecule has 1 fully saturated rings. The summed E-state index contributed by atoms with van der Waals surface area (Å²) in [5, 5.41) is 15.0. The molecule has 4 N–H and O–H groups in total. The van der Waals surface area contributed by atoms with Crippen molar-refractivity contribution in [3.63, 3.8) is 0 Å². The van der Waals surface area contributed by atoms with Crippen molar-refractivity contribution in [3.05, 3.63) is 34.9 Å². The molecule has 1 heterocycles. The van der Waals surface area contributed by atoms with Crippen molar-refractivity contribution in [1.29, 1.82) is 0 Å². The van der Waals surface area contributed by atoms with Crippen molar-refractivity contribution < 1.29 is 19.5 Å². The quantitative estimate of drug-likeness (QED) is 0.531. The first kappa shape index (κ1) is 27.1. The van der Waals surface area contributed by atoms with Crippen LogP contribution in [0.1, 0.15) is 66.4 Å². The summed E-state index contributed by atoms with van der Waals surface area (Å²) in [6.45, 7) is 11.8. The number of aliphatic hydroxyl groups is 1. The standard InChI is InChI=1S/C25H38ClN3O4/c1-16(2)20(28-19(30)11-12-23(3,4)22(27)32)21(31)29-14-13-25(33,24(5,6)15-29)17-7-9-18(26)10-8-17/h7-10,16,20,33H,11-15H2,1-6H3,(H2,27,32)(H,28,30). The van der Waals surface area contributed by atoms with E-state index in [1.807, 2.05) is 39.8 Å². The van der Waals surface area contributed by atoms with E-state index in [-0.39, 0.29) is 24.2 Å². The zero-order valence-electron chi connectivity index (χ0n) is 20.6. The number of carbonyl (C=O) groups excluding carboxylic acids is 3. The van der Waals surface area contributed by atoms with E-state index in [0.29, 0.717) is 31.0 Å². The molecule has 0 saturated carbocycles. The summed E-state index contributed by atoms with van der Waals surface area (Å²) in [7, 11) is 0. The van der Waals surface area contributed by atoms with E-state index in [1.165, 1.54) is 0 Å². The van der Waals surface area contributed by atoms with Crippen molar-refractivity contribution in [2.45, 2.75) is 72.4 Å². The highest BCUT2D eigenvalue weighted by molar-refractivity contribution is 6.30. The minimum atomic E-state index is -1.11. The highest BCUT2D eigenvalue weighted by Gasteiger charge is 2.50. The highest BCUT2D eigenvalue weighted by Crippen LogP contribution is 2.46. The minimum Gasteiger partial charge on any atom is -0.384 e. The number of halogens is 1. The number of nitrogens with one attached hydrogen (secondary N) is 1. The number of hydrogen-bond acceptors (Lipinski definition) is 4. The Balaban J connectivity index is 2.11. The molecular formula is C25H38ClN3O4. The van der Waals surface area contributed by atoms with Gasteiger partial charge in [-0.2, -0.15) is 0 Å². The van der Waals surface area contributed by atoms with E-state index in [9.17, 15) is 19.5 Å². The normalized spacial score (nSPS) is 21.5. The van der Waals surface area contributed by atoms with Gasteiger partial charge in [-0.25, -0.2) is 0 Å². The maximum atomic E-state index is 13.4. The number of piperidine rings is 1. The highest BCUT2D eigenvalue weighted by atomic mass is 35.5. The first-order chi connectivity index (χ1) is 15.1. The molecule has 0 bridgehead atoms. The van der Waals surface area contributed by atoms with Gasteiger partial charge in [-0.15, -0.1) is 0 Å². The van der Waals surface area contributed by atoms with Crippen LogP contribution in [0.15, 0.2) is 24.3 Å². The number of nitrogens with two attached hydrogens (primary N) is 1. The molecule has 2 rings (SSSR count). The Morgan fingerprint density at radius 3 is 2.27 bits per heavy atom. The molecular weight excluding hydrogens is 442 g/mol. The van der Waals surface area contributed by atoms with Gasteiger partial charge in [0.25, 0.3) is 0 Å². The summed E-state index contributed by atoms with van der Waals surface area (Å²) in [5.41, 5.74) is 3.64. The molecule has 7 nitrogen and oxygen atoms in total. The van der Waals surface area contributed by atoms with E-state index >= 15 is 0 Å². The van der Waals surface area contributed by atoms with Crippen LogP contribution in [0.25, 0.3) is 0 Å². The molecule has 0 aliphatic carbocycles. The number of nitrogens with zero attached hydrogens (tertiary/aromatic N) is 1. The average molecular weight is 480 g/mol. The maximum Gasteiger partial charge on any atom is 0.245 e. The Labute approximate surface area is 202 Å². The first-order valence-electron chi connectivity index (χ1n) is 11.5. The first-order valence-corrected chi connectivity index (χ1v) is 11.8. The Bertz CT molecular complexity index is 882. The van der Waals surface area contributed by atoms with Gasteiger partial charge in [0, 0.05) is 35.4 Å². The summed E-state index contributed by atoms with van der Waals surface area (Å²) in [6.07, 6.45) is 0.783. The van der Waals surface area contributed by atoms with Crippen LogP contribution in [-0.2, 0) is 20.0 Å². The van der Waals surface area contributed by atoms with Crippen LogP contribution in [0.2, 0.25) is 5.02 Å². The summed E-state index contributed by atoms with van der Waals surface area (Å²) in [6, 6.07) is 6.48. The van der Waals surface area contributed by atoms with E-state index in [0.717, 1.165) is 5.56 Å². The largest absolute Gasteiger partial charge is 0.384 e. The van der Waals surface area contributed by atoms with Crippen LogP contribution < -0.4 is 11.1 Å². The number of benzene rings is 1. The predicted molar refractivity (Wildman–Crippen MR) is 129 cm³/mol. The minimum absolute atomic E-state index is 0.105. The molecule has 33 heavy (non-hydrogen) atoms. The van der Waals surface area contributed by atoms with E-state index in [1.54, 1.807) is 30.9 Å². The second kappa shape index (κ2) is 10.0. The van der Waals surface area contributed by atoms with E-state index < -0.39 is 28.4 Å². The average Bonchev–Trinajstić information content (AvgIpc) is 2.72. The fourth-order valence-electron chi connectivity index (χ4n) is 4.28. The topological polar surface area (TPSA) is 113 Å². The summed E-state index contributed by atoms with van der Waals surface area (Å²) in [5.74, 6) is -1.04. The van der Waals surface area contributed by atoms with Crippen LogP contribution in [0.3, 0.4) is 0 Å². The molecule has 1 aromatic carbocycles. The lowest BCUT2D eigenvalue weighted by molar-refractivity contribution is -0.156. The fraction of sp³-hybridized carbons (Fsp3) is 0.640. The third-order valence-corrected chi connectivity index (χ3v) is 7.23. The van der Waals surface area contributed by atoms with E-state index in [4.69, 9.17) is 17.3 Å². The molecule has 1 aliphatic rings. The molecule has 0 radical (unpaired) electrons. The number of carbonyl (C=O) groups is 3. The molecule has 1 saturated heterocycles. The molecule has 8 heteroatoms. The van der Waals surface area contributed by atoms with Gasteiger partial charge in [0.2, 0.25) is 17.7 Å². The van der Waals surface area contributed by atoms with Crippen molar-refractivity contribution in [2.24, 2.45) is 22.5 Å². The monoisotopic (exact) mass is 479 g/mol. The van der Waals surface area contributed by atoms with Crippen LogP contribution in [0.4, 0.5) is 0 Å². The van der Waals surface area contributed by atoms with Crippen LogP contribution >= 0.6 is 11.6 Å². The van der Waals surface area contributed by atoms with Gasteiger partial charge in [0.15, 0.2) is 0 Å². The third-order valence-electron chi connectivity index (χ3n) is 6.98. The van der Waals surface area contributed by atoms with Gasteiger partial charge in [0.05, 0.1) is 5.60 Å². The van der Waals surface area contributed by atoms with Crippen molar-refractivity contribution in [3.8, 4) is 0 Å². The number of primary amides is 1. The number of rotatable bonds is 8. The zero-order valence-corrected chi connectivity index (χ0v) is 21.3. The fourth-order valence-corrected chi connectivity index (χ4v) is 4.40. The Hall–Kier alpha value is -2.12. The van der Waals surface area contributed by atoms with Gasteiger partial charge in [-0.3, -0.25) is 14.4 Å². The van der Waals surface area contributed by atoms with E-state index in [2.05, 4.69) is 5.32 Å². The van der Waals surface area contributed by atoms with Crippen LogP contribution in [0.5, 0.6) is 0 Å². The Kier molecular flexibility index (Phi) is 8.23. The molecule has 2 unspecified atom stereocenters. The van der Waals surface area contributed by atoms with Crippen LogP contribution in [-0.4, -0.2) is 46.9 Å². The lowest BCUT2D eigenvalue weighted by Gasteiger charge is -2.51. The molecule has 3 amide bonds. The predicted octanol–water partition coefficient (Wildman–Crippen LogP) is 3.22. The van der Waals surface area contributed by atoms with Gasteiger partial charge < -0.3 is 21.1 Å². The second-order valence-corrected chi connectivity index (χ2v) is 11.2. The Morgan fingerprint density at radius 2 is 1.79 bits per heavy atom. The molecule has 1 aromatic rings. The molecule has 184 valence electrons. The smallest absolute Gasteiger partial charge is 0.245 e. The van der Waals surface area contributed by atoms with Gasteiger partial charge in [-0.05, 0) is 36.5 Å². The summed E-state index contributed by atoms with van der Waals surface area (Å²) < 4.78 is 0. The summed E-state index contributed by atoms with van der Waals surface area (Å²) in [4.78, 5) is 39.2. The SMILES string of the molecule is CC(C)C(NC(=O)CCC(C)(C)C(N)=O)C(=O)N1CCC(O)(c2ccc(Cl)cc2)C(C)(C)C1. The molecule has 2 atom stereocenters. The second-order valence-electron chi connectivity index (χ2n) is 10.8. The van der Waals surface area contributed by atoms with Gasteiger partial charge in [-0.1, -0.05) is 65.3 Å². The van der Waals surface area contributed by atoms with Gasteiger partial charge >= 0.3 is 0 Å². The molecule has 1 aliphatic heterocycles. The lowest BCUT2D eigenvalue weighted by atomic mass is 9.66. The zero-order chi connectivity index (χ0) is 25.2. The number of amides is 3. The van der Waals surface area contributed by atoms with Crippen molar-refractivity contribution in [1.82, 2.24) is 10.2 Å².